The summed E-state index contributed by atoms with van der Waals surface area (Å²) in [5.41, 5.74) is 3.41. The van der Waals surface area contributed by atoms with E-state index in [0.717, 1.165) is 16.9 Å². The number of benzene rings is 1. The van der Waals surface area contributed by atoms with Crippen LogP contribution in [0.5, 0.6) is 0 Å². The lowest BCUT2D eigenvalue weighted by Crippen LogP contribution is -2.22. The van der Waals surface area contributed by atoms with Gasteiger partial charge < -0.3 is 10.0 Å². The van der Waals surface area contributed by atoms with Gasteiger partial charge in [0, 0.05) is 12.6 Å². The van der Waals surface area contributed by atoms with Gasteiger partial charge in [0.25, 0.3) is 5.56 Å². The molecule has 26 heavy (non-hydrogen) atoms. The minimum absolute atomic E-state index is 0.0895. The molecule has 0 aliphatic heterocycles. The van der Waals surface area contributed by atoms with E-state index in [1.54, 1.807) is 36.2 Å². The van der Waals surface area contributed by atoms with Crippen LogP contribution < -0.4 is 15.6 Å². The number of aromatic nitrogens is 1. The molecule has 2 N–H and O–H groups in total. The highest BCUT2D eigenvalue weighted by Gasteiger charge is 2.24. The second-order valence-corrected chi connectivity index (χ2v) is 11.4. The first kappa shape index (κ1) is 19.2. The van der Waals surface area contributed by atoms with Gasteiger partial charge in [-0.3, -0.25) is 9.36 Å². The van der Waals surface area contributed by atoms with E-state index in [0.29, 0.717) is 17.1 Å². The molecular formula is C19H25FN3OPS. The van der Waals surface area contributed by atoms with Gasteiger partial charge in [0.05, 0.1) is 11.4 Å². The first-order valence-electron chi connectivity index (χ1n) is 8.76. The predicted molar refractivity (Wildman–Crippen MR) is 113 cm³/mol. The molecule has 3 rings (SSSR count). The second-order valence-electron chi connectivity index (χ2n) is 6.89. The normalized spacial score (nSPS) is 15.4. The quantitative estimate of drug-likeness (QED) is 0.501. The number of halogens is 1. The number of aryl methyl sites for hydroxylation is 2. The molecule has 7 heteroatoms. The second kappa shape index (κ2) is 8.01. The highest BCUT2D eigenvalue weighted by Crippen LogP contribution is 2.57. The molecule has 0 bridgehead atoms. The molecule has 1 saturated carbocycles. The van der Waals surface area contributed by atoms with Crippen LogP contribution in [0.4, 0.5) is 21.6 Å². The molecule has 0 amide bonds. The van der Waals surface area contributed by atoms with Gasteiger partial charge in [0.15, 0.2) is 0 Å². The third-order valence-electron chi connectivity index (χ3n) is 4.86. The lowest BCUT2D eigenvalue weighted by Gasteiger charge is -2.31. The van der Waals surface area contributed by atoms with E-state index in [2.05, 4.69) is 16.7 Å². The maximum atomic E-state index is 14.3. The van der Waals surface area contributed by atoms with Gasteiger partial charge in [-0.15, -0.1) is 0 Å². The smallest absolute Gasteiger partial charge is 0.254 e. The van der Waals surface area contributed by atoms with Gasteiger partial charge >= 0.3 is 0 Å². The molecule has 1 fully saturated rings. The maximum absolute atomic E-state index is 14.3. The monoisotopic (exact) mass is 393 g/mol. The Labute approximate surface area is 159 Å². The first-order valence-corrected chi connectivity index (χ1v) is 12.0. The fourth-order valence-corrected chi connectivity index (χ4v) is 6.36. The van der Waals surface area contributed by atoms with Crippen LogP contribution in [0.1, 0.15) is 30.4 Å². The molecule has 1 aliphatic carbocycles. The standard InChI is InChI=1S/C19H25FN3OPS/c1-12-8-9-16(15(20)10-12)21-18-17(11-13(2)19(24)23(18)3)22-26-25(4)14-6-5-7-14/h8-11,14,21-22H,5-7H2,1-4H3. The summed E-state index contributed by atoms with van der Waals surface area (Å²) in [6.07, 6.45) is 3.95. The van der Waals surface area contributed by atoms with Crippen molar-refractivity contribution < 1.29 is 4.39 Å². The third kappa shape index (κ3) is 4.07. The summed E-state index contributed by atoms with van der Waals surface area (Å²) >= 11 is 1.73. The molecule has 140 valence electrons. The van der Waals surface area contributed by atoms with Gasteiger partial charge in [0.2, 0.25) is 0 Å². The largest absolute Gasteiger partial charge is 0.337 e. The average molecular weight is 393 g/mol. The van der Waals surface area contributed by atoms with Crippen molar-refractivity contribution in [2.75, 3.05) is 16.7 Å². The molecule has 2 aromatic rings. The summed E-state index contributed by atoms with van der Waals surface area (Å²) in [5.74, 6) is 0.247. The van der Waals surface area contributed by atoms with E-state index in [1.807, 2.05) is 19.1 Å². The minimum Gasteiger partial charge on any atom is -0.337 e. The number of nitrogens with zero attached hydrogens (tertiary/aromatic N) is 1. The van der Waals surface area contributed by atoms with Crippen molar-refractivity contribution >= 4 is 35.9 Å². The maximum Gasteiger partial charge on any atom is 0.254 e. The molecule has 1 unspecified atom stereocenters. The van der Waals surface area contributed by atoms with Crippen LogP contribution in [0.3, 0.4) is 0 Å². The highest BCUT2D eigenvalue weighted by molar-refractivity contribution is 8.56. The Morgan fingerprint density at radius 2 is 1.96 bits per heavy atom. The van der Waals surface area contributed by atoms with Crippen LogP contribution in [0.15, 0.2) is 29.1 Å². The number of pyridine rings is 1. The molecule has 0 saturated heterocycles. The van der Waals surface area contributed by atoms with Crippen molar-refractivity contribution in [3.8, 4) is 0 Å². The van der Waals surface area contributed by atoms with Gasteiger partial charge in [-0.1, -0.05) is 12.5 Å². The van der Waals surface area contributed by atoms with Crippen molar-refractivity contribution in [2.24, 2.45) is 7.05 Å². The molecule has 1 aromatic heterocycles. The zero-order valence-electron chi connectivity index (χ0n) is 15.6. The first-order chi connectivity index (χ1) is 12.4. The summed E-state index contributed by atoms with van der Waals surface area (Å²) in [4.78, 5) is 12.4. The van der Waals surface area contributed by atoms with Gasteiger partial charge in [-0.25, -0.2) is 4.39 Å². The molecular weight excluding hydrogens is 368 g/mol. The lowest BCUT2D eigenvalue weighted by molar-refractivity contribution is 0.518. The van der Waals surface area contributed by atoms with E-state index in [4.69, 9.17) is 0 Å². The average Bonchev–Trinajstić information content (AvgIpc) is 2.54. The molecule has 1 aromatic carbocycles. The summed E-state index contributed by atoms with van der Waals surface area (Å²) in [6, 6.07) is 6.88. The third-order valence-corrected chi connectivity index (χ3v) is 9.04. The Balaban J connectivity index is 1.88. The highest BCUT2D eigenvalue weighted by atomic mass is 32.7. The molecule has 1 atom stereocenters. The number of hydrogen-bond donors (Lipinski definition) is 2. The fraction of sp³-hybridized carbons (Fsp3) is 0.421. The zero-order chi connectivity index (χ0) is 18.8. The van der Waals surface area contributed by atoms with Crippen molar-refractivity contribution in [3.63, 3.8) is 0 Å². The summed E-state index contributed by atoms with van der Waals surface area (Å²) < 4.78 is 19.2. The van der Waals surface area contributed by atoms with Crippen molar-refractivity contribution in [1.82, 2.24) is 4.57 Å². The van der Waals surface area contributed by atoms with Gasteiger partial charge in [-0.2, -0.15) is 0 Å². The minimum atomic E-state index is -0.330. The molecule has 1 aliphatic rings. The van der Waals surface area contributed by atoms with Gasteiger partial charge in [0.1, 0.15) is 11.6 Å². The van der Waals surface area contributed by atoms with E-state index in [9.17, 15) is 9.18 Å². The van der Waals surface area contributed by atoms with E-state index in [1.165, 1.54) is 25.3 Å². The summed E-state index contributed by atoms with van der Waals surface area (Å²) in [5, 5.41) is 3.10. The topological polar surface area (TPSA) is 46.1 Å². The zero-order valence-corrected chi connectivity index (χ0v) is 17.3. The van der Waals surface area contributed by atoms with E-state index in [-0.39, 0.29) is 18.5 Å². The molecule has 4 nitrogen and oxygen atoms in total. The van der Waals surface area contributed by atoms with Crippen LogP contribution >= 0.6 is 18.7 Å². The summed E-state index contributed by atoms with van der Waals surface area (Å²) in [7, 11) is 1.54. The predicted octanol–water partition coefficient (Wildman–Crippen LogP) is 5.52. The van der Waals surface area contributed by atoms with Gasteiger partial charge in [-0.05, 0) is 81.5 Å². The SMILES string of the molecule is Cc1ccc(Nc2c(NSP(C)C3CCC3)cc(C)c(=O)n2C)c(F)c1. The molecule has 0 spiro atoms. The summed E-state index contributed by atoms with van der Waals surface area (Å²) in [6.45, 7) is 5.94. The van der Waals surface area contributed by atoms with Crippen molar-refractivity contribution in [2.45, 2.75) is 38.8 Å². The lowest BCUT2D eigenvalue weighted by atomic mass is 10.00. The molecule has 0 radical (unpaired) electrons. The van der Waals surface area contributed by atoms with Crippen molar-refractivity contribution in [3.05, 3.63) is 51.6 Å². The number of nitrogens with one attached hydrogen (secondary N) is 2. The van der Waals surface area contributed by atoms with Crippen LogP contribution in [-0.2, 0) is 7.05 Å². The Morgan fingerprint density at radius 1 is 1.23 bits per heavy atom. The van der Waals surface area contributed by atoms with E-state index < -0.39 is 0 Å². The fourth-order valence-electron chi connectivity index (χ4n) is 2.92. The molecule has 1 heterocycles. The van der Waals surface area contributed by atoms with Crippen LogP contribution in [0.25, 0.3) is 0 Å². The van der Waals surface area contributed by atoms with Crippen LogP contribution in [0.2, 0.25) is 0 Å². The van der Waals surface area contributed by atoms with Crippen molar-refractivity contribution in [1.29, 1.82) is 0 Å². The number of rotatable bonds is 6. The van der Waals surface area contributed by atoms with E-state index >= 15 is 0 Å². The Hall–Kier alpha value is -1.52. The van der Waals surface area contributed by atoms with Crippen LogP contribution in [0, 0.1) is 19.7 Å². The number of hydrogen-bond acceptors (Lipinski definition) is 4. The number of anilines is 3. The Kier molecular flexibility index (Phi) is 5.93. The Morgan fingerprint density at radius 3 is 2.58 bits per heavy atom. The Bertz CT molecular complexity index is 867. The van der Waals surface area contributed by atoms with Crippen LogP contribution in [-0.4, -0.2) is 16.9 Å².